The van der Waals surface area contributed by atoms with Gasteiger partial charge < -0.3 is 20.9 Å². The molecule has 0 bridgehead atoms. The first-order valence-electron chi connectivity index (χ1n) is 5.84. The number of hydrogen-bond acceptors (Lipinski definition) is 4. The average molecular weight is 266 g/mol. The molecule has 4 N–H and O–H groups in total. The molecule has 6 nitrogen and oxygen atoms in total. The number of hydrogen-bond donors (Lipinski definition) is 3. The van der Waals surface area contributed by atoms with Gasteiger partial charge in [0.05, 0.1) is 19.1 Å². The molecule has 19 heavy (non-hydrogen) atoms. The fourth-order valence-electron chi connectivity index (χ4n) is 1.60. The summed E-state index contributed by atoms with van der Waals surface area (Å²) in [5.74, 6) is -1.57. The number of benzene rings is 1. The number of nitrogens with two attached hydrogens (primary N) is 1. The monoisotopic (exact) mass is 266 g/mol. The highest BCUT2D eigenvalue weighted by molar-refractivity contribution is 5.85. The first kappa shape index (κ1) is 15.1. The van der Waals surface area contributed by atoms with Crippen LogP contribution in [-0.4, -0.2) is 30.1 Å². The van der Waals surface area contributed by atoms with Crippen LogP contribution >= 0.6 is 0 Å². The Labute approximate surface area is 111 Å². The third-order valence-electron chi connectivity index (χ3n) is 2.50. The summed E-state index contributed by atoms with van der Waals surface area (Å²) >= 11 is 0. The molecule has 0 radical (unpaired) electrons. The van der Waals surface area contributed by atoms with Crippen LogP contribution in [0, 0.1) is 0 Å². The second-order valence-electron chi connectivity index (χ2n) is 4.18. The minimum Gasteiger partial charge on any atom is -0.481 e. The van der Waals surface area contributed by atoms with Crippen molar-refractivity contribution in [3.05, 3.63) is 35.4 Å². The Morgan fingerprint density at radius 2 is 2.11 bits per heavy atom. The molecule has 0 saturated carbocycles. The molecule has 1 aromatic carbocycles. The van der Waals surface area contributed by atoms with Crippen LogP contribution in [0.15, 0.2) is 24.3 Å². The number of rotatable bonds is 7. The molecule has 0 aliphatic heterocycles. The molecular weight excluding hydrogens is 248 g/mol. The third-order valence-corrected chi connectivity index (χ3v) is 2.50. The summed E-state index contributed by atoms with van der Waals surface area (Å²) in [6, 6.07) is 6.53. The van der Waals surface area contributed by atoms with Crippen molar-refractivity contribution < 1.29 is 19.4 Å². The quantitative estimate of drug-likeness (QED) is 0.656. The van der Waals surface area contributed by atoms with E-state index in [1.54, 1.807) is 7.11 Å². The van der Waals surface area contributed by atoms with Crippen molar-refractivity contribution in [3.63, 3.8) is 0 Å². The number of methoxy groups -OCH3 is 1. The van der Waals surface area contributed by atoms with Crippen LogP contribution in [0.3, 0.4) is 0 Å². The van der Waals surface area contributed by atoms with Gasteiger partial charge in [-0.2, -0.15) is 0 Å². The lowest BCUT2D eigenvalue weighted by Gasteiger charge is -2.10. The first-order valence-corrected chi connectivity index (χ1v) is 5.84. The minimum atomic E-state index is -1.09. The van der Waals surface area contributed by atoms with Gasteiger partial charge in [0.2, 0.25) is 5.91 Å². The molecule has 1 unspecified atom stereocenters. The molecule has 6 heteroatoms. The van der Waals surface area contributed by atoms with Crippen molar-refractivity contribution in [1.29, 1.82) is 0 Å². The Bertz CT molecular complexity index is 448. The topological polar surface area (TPSA) is 102 Å². The fraction of sp³-hybridized carbons (Fsp3) is 0.385. The first-order chi connectivity index (χ1) is 9.02. The number of amides is 1. The summed E-state index contributed by atoms with van der Waals surface area (Å²) in [6.07, 6.45) is -0.379. The maximum atomic E-state index is 11.5. The van der Waals surface area contributed by atoms with E-state index in [0.717, 1.165) is 11.1 Å². The van der Waals surface area contributed by atoms with E-state index in [2.05, 4.69) is 5.32 Å². The lowest BCUT2D eigenvalue weighted by atomic mass is 10.1. The molecule has 104 valence electrons. The van der Waals surface area contributed by atoms with Crippen molar-refractivity contribution >= 4 is 11.9 Å². The van der Waals surface area contributed by atoms with Gasteiger partial charge in [-0.3, -0.25) is 9.59 Å². The minimum absolute atomic E-state index is 0.309. The zero-order chi connectivity index (χ0) is 14.3. The molecule has 0 saturated heterocycles. The smallest absolute Gasteiger partial charge is 0.305 e. The van der Waals surface area contributed by atoms with E-state index < -0.39 is 17.9 Å². The Hall–Kier alpha value is -1.92. The molecule has 0 heterocycles. The van der Waals surface area contributed by atoms with E-state index in [9.17, 15) is 9.59 Å². The third kappa shape index (κ3) is 5.50. The lowest BCUT2D eigenvalue weighted by molar-refractivity contribution is -0.139. The molecule has 1 rings (SSSR count). The number of ether oxygens (including phenoxy) is 1. The van der Waals surface area contributed by atoms with E-state index in [0.29, 0.717) is 13.2 Å². The molecule has 0 aliphatic rings. The van der Waals surface area contributed by atoms with E-state index in [4.69, 9.17) is 15.6 Å². The normalized spacial score (nSPS) is 11.9. The fourth-order valence-corrected chi connectivity index (χ4v) is 1.60. The summed E-state index contributed by atoms with van der Waals surface area (Å²) in [6.45, 7) is 0.810. The number of aliphatic carboxylic acids is 1. The summed E-state index contributed by atoms with van der Waals surface area (Å²) in [5.41, 5.74) is 7.36. The van der Waals surface area contributed by atoms with Gasteiger partial charge in [-0.25, -0.2) is 0 Å². The second kappa shape index (κ2) is 7.50. The maximum Gasteiger partial charge on any atom is 0.305 e. The molecule has 1 atom stereocenters. The molecule has 1 aromatic rings. The van der Waals surface area contributed by atoms with Gasteiger partial charge in [0.15, 0.2) is 0 Å². The molecule has 0 aliphatic carbocycles. The summed E-state index contributed by atoms with van der Waals surface area (Å²) in [5, 5.41) is 11.1. The number of carbonyl (C=O) groups is 2. The highest BCUT2D eigenvalue weighted by Gasteiger charge is 2.16. The highest BCUT2D eigenvalue weighted by Crippen LogP contribution is 2.06. The van der Waals surface area contributed by atoms with E-state index >= 15 is 0 Å². The van der Waals surface area contributed by atoms with Crippen molar-refractivity contribution in [1.82, 2.24) is 5.32 Å². The van der Waals surface area contributed by atoms with Crippen LogP contribution in [0.25, 0.3) is 0 Å². The van der Waals surface area contributed by atoms with Crippen LogP contribution in [0.4, 0.5) is 0 Å². The highest BCUT2D eigenvalue weighted by atomic mass is 16.5. The van der Waals surface area contributed by atoms with E-state index in [1.165, 1.54) is 0 Å². The van der Waals surface area contributed by atoms with Gasteiger partial charge in [-0.05, 0) is 11.1 Å². The van der Waals surface area contributed by atoms with Crippen molar-refractivity contribution in [2.24, 2.45) is 5.73 Å². The predicted octanol–water partition coefficient (Wildman–Crippen LogP) is 0.251. The number of carboxylic acid groups (broad SMARTS) is 1. The Kier molecular flexibility index (Phi) is 5.98. The van der Waals surface area contributed by atoms with E-state index in [-0.39, 0.29) is 6.42 Å². The summed E-state index contributed by atoms with van der Waals surface area (Å²) < 4.78 is 5.02. The predicted molar refractivity (Wildman–Crippen MR) is 69.2 cm³/mol. The number of carboxylic acids is 1. The second-order valence-corrected chi connectivity index (χ2v) is 4.18. The average Bonchev–Trinajstić information content (AvgIpc) is 2.36. The lowest BCUT2D eigenvalue weighted by Crippen LogP contribution is -2.41. The maximum absolute atomic E-state index is 11.5. The number of nitrogens with one attached hydrogen (secondary N) is 1. The zero-order valence-electron chi connectivity index (χ0n) is 10.8. The van der Waals surface area contributed by atoms with Crippen LogP contribution < -0.4 is 11.1 Å². The van der Waals surface area contributed by atoms with Crippen molar-refractivity contribution in [3.8, 4) is 0 Å². The van der Waals surface area contributed by atoms with Crippen LogP contribution in [0.1, 0.15) is 17.5 Å². The van der Waals surface area contributed by atoms with Crippen LogP contribution in [0.5, 0.6) is 0 Å². The Balaban J connectivity index is 2.49. The van der Waals surface area contributed by atoms with Crippen LogP contribution in [-0.2, 0) is 27.5 Å². The molecular formula is C13H18N2O4. The summed E-state index contributed by atoms with van der Waals surface area (Å²) in [4.78, 5) is 22.0. The SMILES string of the molecule is COCc1cccc(CNC(=O)C(N)CC(=O)O)c1. The van der Waals surface area contributed by atoms with Gasteiger partial charge >= 0.3 is 5.97 Å². The van der Waals surface area contributed by atoms with Gasteiger partial charge in [0.25, 0.3) is 0 Å². The van der Waals surface area contributed by atoms with Gasteiger partial charge in [0, 0.05) is 13.7 Å². The van der Waals surface area contributed by atoms with Crippen molar-refractivity contribution in [2.45, 2.75) is 25.6 Å². The van der Waals surface area contributed by atoms with Gasteiger partial charge in [-0.15, -0.1) is 0 Å². The molecule has 0 spiro atoms. The molecule has 1 amide bonds. The largest absolute Gasteiger partial charge is 0.481 e. The molecule has 0 fully saturated rings. The molecule has 0 aromatic heterocycles. The Morgan fingerprint density at radius 1 is 1.42 bits per heavy atom. The standard InChI is InChI=1S/C13H18N2O4/c1-19-8-10-4-2-3-9(5-10)7-15-13(18)11(14)6-12(16)17/h2-5,11H,6-8,14H2,1H3,(H,15,18)(H,16,17). The zero-order valence-corrected chi connectivity index (χ0v) is 10.8. The van der Waals surface area contributed by atoms with Gasteiger partial charge in [0.1, 0.15) is 0 Å². The van der Waals surface area contributed by atoms with Crippen molar-refractivity contribution in [2.75, 3.05) is 7.11 Å². The van der Waals surface area contributed by atoms with Gasteiger partial charge in [-0.1, -0.05) is 24.3 Å². The number of carbonyl (C=O) groups excluding carboxylic acids is 1. The summed E-state index contributed by atoms with van der Waals surface area (Å²) in [7, 11) is 1.61. The van der Waals surface area contributed by atoms with Crippen LogP contribution in [0.2, 0.25) is 0 Å². The Morgan fingerprint density at radius 3 is 2.74 bits per heavy atom. The van der Waals surface area contributed by atoms with E-state index in [1.807, 2.05) is 24.3 Å².